The maximum absolute atomic E-state index is 9.99. The predicted molar refractivity (Wildman–Crippen MR) is 81.1 cm³/mol. The molecular formula is C15H11BrN2O3. The highest BCUT2D eigenvalue weighted by molar-refractivity contribution is 9.10. The largest absolute Gasteiger partial charge is 0.507 e. The smallest absolute Gasteiger partial charge is 0.262 e. The predicted octanol–water partition coefficient (Wildman–Crippen LogP) is 3.88. The fraction of sp³-hybridized carbons (Fsp3) is 0.0667. The van der Waals surface area contributed by atoms with Gasteiger partial charge in [0.1, 0.15) is 11.5 Å². The number of aromatic nitrogens is 2. The SMILES string of the molecule is COc1ccc(-c2nc(-c3ccccc3Br)no2)c(O)c1. The van der Waals surface area contributed by atoms with Crippen molar-refractivity contribution in [3.63, 3.8) is 0 Å². The van der Waals surface area contributed by atoms with Crippen molar-refractivity contribution >= 4 is 15.9 Å². The minimum Gasteiger partial charge on any atom is -0.507 e. The van der Waals surface area contributed by atoms with Gasteiger partial charge in [0.25, 0.3) is 5.89 Å². The number of phenols is 1. The molecule has 0 aliphatic heterocycles. The maximum atomic E-state index is 9.99. The number of nitrogens with zero attached hydrogens (tertiary/aromatic N) is 2. The van der Waals surface area contributed by atoms with Gasteiger partial charge in [-0.2, -0.15) is 4.98 Å². The zero-order valence-electron chi connectivity index (χ0n) is 11.1. The quantitative estimate of drug-likeness (QED) is 0.779. The zero-order valence-corrected chi connectivity index (χ0v) is 12.7. The third-order valence-electron chi connectivity index (χ3n) is 2.98. The van der Waals surface area contributed by atoms with Crippen LogP contribution in [0.3, 0.4) is 0 Å². The van der Waals surface area contributed by atoms with Crippen molar-refractivity contribution in [2.24, 2.45) is 0 Å². The van der Waals surface area contributed by atoms with Crippen molar-refractivity contribution in [1.29, 1.82) is 0 Å². The number of halogens is 1. The Kier molecular flexibility index (Phi) is 3.62. The number of aromatic hydroxyl groups is 1. The van der Waals surface area contributed by atoms with Crippen molar-refractivity contribution in [1.82, 2.24) is 10.1 Å². The van der Waals surface area contributed by atoms with E-state index in [2.05, 4.69) is 26.1 Å². The second kappa shape index (κ2) is 5.57. The van der Waals surface area contributed by atoms with Crippen LogP contribution in [-0.2, 0) is 0 Å². The van der Waals surface area contributed by atoms with E-state index in [9.17, 15) is 5.11 Å². The Bertz CT molecular complexity index is 786. The number of hydrogen-bond donors (Lipinski definition) is 1. The van der Waals surface area contributed by atoms with E-state index < -0.39 is 0 Å². The Balaban J connectivity index is 2.01. The van der Waals surface area contributed by atoms with Crippen LogP contribution in [0.15, 0.2) is 51.5 Å². The first-order valence-corrected chi connectivity index (χ1v) is 6.94. The van der Waals surface area contributed by atoms with E-state index in [1.54, 1.807) is 12.1 Å². The molecule has 0 unspecified atom stereocenters. The fourth-order valence-electron chi connectivity index (χ4n) is 1.90. The molecule has 2 aromatic carbocycles. The summed E-state index contributed by atoms with van der Waals surface area (Å²) in [7, 11) is 1.53. The lowest BCUT2D eigenvalue weighted by Gasteiger charge is -2.02. The lowest BCUT2D eigenvalue weighted by Crippen LogP contribution is -1.85. The molecule has 3 rings (SSSR count). The molecule has 0 bridgehead atoms. The van der Waals surface area contributed by atoms with E-state index in [0.29, 0.717) is 17.1 Å². The van der Waals surface area contributed by atoms with Crippen LogP contribution in [0.4, 0.5) is 0 Å². The standard InChI is InChI=1S/C15H11BrN2O3/c1-20-9-6-7-11(13(19)8-9)15-17-14(18-21-15)10-4-2-3-5-12(10)16/h2-8,19H,1H3. The molecule has 0 saturated heterocycles. The molecular weight excluding hydrogens is 336 g/mol. The number of hydrogen-bond acceptors (Lipinski definition) is 5. The van der Waals surface area contributed by atoms with Gasteiger partial charge in [-0.3, -0.25) is 0 Å². The van der Waals surface area contributed by atoms with Crippen LogP contribution in [0.5, 0.6) is 11.5 Å². The number of rotatable bonds is 3. The van der Waals surface area contributed by atoms with Gasteiger partial charge >= 0.3 is 0 Å². The van der Waals surface area contributed by atoms with Crippen molar-refractivity contribution in [2.45, 2.75) is 0 Å². The summed E-state index contributed by atoms with van der Waals surface area (Å²) in [5.41, 5.74) is 1.28. The lowest BCUT2D eigenvalue weighted by atomic mass is 10.2. The number of ether oxygens (including phenoxy) is 1. The van der Waals surface area contributed by atoms with Gasteiger partial charge in [0.2, 0.25) is 5.82 Å². The Hall–Kier alpha value is -2.34. The van der Waals surface area contributed by atoms with Crippen molar-refractivity contribution in [3.05, 3.63) is 46.9 Å². The van der Waals surface area contributed by atoms with E-state index in [0.717, 1.165) is 10.0 Å². The highest BCUT2D eigenvalue weighted by atomic mass is 79.9. The third kappa shape index (κ3) is 2.62. The Morgan fingerprint density at radius 1 is 1.14 bits per heavy atom. The second-order valence-corrected chi connectivity index (χ2v) is 5.14. The molecule has 1 aromatic heterocycles. The molecule has 0 saturated carbocycles. The summed E-state index contributed by atoms with van der Waals surface area (Å²) >= 11 is 3.44. The third-order valence-corrected chi connectivity index (χ3v) is 3.67. The van der Waals surface area contributed by atoms with Gasteiger partial charge in [-0.25, -0.2) is 0 Å². The van der Waals surface area contributed by atoms with Crippen LogP contribution in [0, 0.1) is 0 Å². The highest BCUT2D eigenvalue weighted by Gasteiger charge is 2.15. The normalized spacial score (nSPS) is 10.6. The van der Waals surface area contributed by atoms with E-state index in [4.69, 9.17) is 9.26 Å². The average molecular weight is 347 g/mol. The molecule has 6 heteroatoms. The number of phenolic OH excluding ortho intramolecular Hbond substituents is 1. The van der Waals surface area contributed by atoms with Gasteiger partial charge in [-0.1, -0.05) is 33.2 Å². The maximum Gasteiger partial charge on any atom is 0.262 e. The summed E-state index contributed by atoms with van der Waals surface area (Å²) in [5.74, 6) is 1.28. The Morgan fingerprint density at radius 2 is 1.95 bits per heavy atom. The lowest BCUT2D eigenvalue weighted by molar-refractivity contribution is 0.405. The summed E-state index contributed by atoms with van der Waals surface area (Å²) in [4.78, 5) is 4.32. The highest BCUT2D eigenvalue weighted by Crippen LogP contribution is 2.33. The van der Waals surface area contributed by atoms with Crippen molar-refractivity contribution in [2.75, 3.05) is 7.11 Å². The molecule has 0 amide bonds. The number of methoxy groups -OCH3 is 1. The van der Waals surface area contributed by atoms with Crippen LogP contribution in [0.1, 0.15) is 0 Å². The first kappa shape index (κ1) is 13.6. The Labute approximate surface area is 129 Å². The second-order valence-electron chi connectivity index (χ2n) is 4.29. The molecule has 0 radical (unpaired) electrons. The van der Waals surface area contributed by atoms with Gasteiger partial charge in [-0.15, -0.1) is 0 Å². The summed E-state index contributed by atoms with van der Waals surface area (Å²) in [5, 5.41) is 13.9. The molecule has 3 aromatic rings. The van der Waals surface area contributed by atoms with E-state index in [-0.39, 0.29) is 11.6 Å². The molecule has 0 fully saturated rings. The summed E-state index contributed by atoms with van der Waals surface area (Å²) < 4.78 is 11.1. The van der Waals surface area contributed by atoms with Crippen molar-refractivity contribution < 1.29 is 14.4 Å². The van der Waals surface area contributed by atoms with Crippen LogP contribution in [0.2, 0.25) is 0 Å². The summed E-state index contributed by atoms with van der Waals surface area (Å²) in [6.07, 6.45) is 0. The molecule has 21 heavy (non-hydrogen) atoms. The molecule has 0 aliphatic rings. The molecule has 106 valence electrons. The fourth-order valence-corrected chi connectivity index (χ4v) is 2.37. The molecule has 0 aliphatic carbocycles. The van der Waals surface area contributed by atoms with Gasteiger partial charge < -0.3 is 14.4 Å². The van der Waals surface area contributed by atoms with Gasteiger partial charge in [0.05, 0.1) is 12.7 Å². The topological polar surface area (TPSA) is 68.4 Å². The van der Waals surface area contributed by atoms with Gasteiger partial charge in [0, 0.05) is 16.1 Å². The van der Waals surface area contributed by atoms with E-state index in [1.165, 1.54) is 13.2 Å². The van der Waals surface area contributed by atoms with Gasteiger partial charge in [-0.05, 0) is 24.3 Å². The van der Waals surface area contributed by atoms with Crippen molar-refractivity contribution in [3.8, 4) is 34.3 Å². The minimum atomic E-state index is 0.0247. The summed E-state index contributed by atoms with van der Waals surface area (Å²) in [6, 6.07) is 12.5. The van der Waals surface area contributed by atoms with E-state index >= 15 is 0 Å². The van der Waals surface area contributed by atoms with Gasteiger partial charge in [0.15, 0.2) is 0 Å². The Morgan fingerprint density at radius 3 is 2.67 bits per heavy atom. The first-order valence-electron chi connectivity index (χ1n) is 6.15. The van der Waals surface area contributed by atoms with Crippen LogP contribution in [0.25, 0.3) is 22.8 Å². The average Bonchev–Trinajstić information content (AvgIpc) is 2.97. The summed E-state index contributed by atoms with van der Waals surface area (Å²) in [6.45, 7) is 0. The first-order chi connectivity index (χ1) is 10.2. The molecule has 5 nitrogen and oxygen atoms in total. The number of benzene rings is 2. The van der Waals surface area contributed by atoms with E-state index in [1.807, 2.05) is 24.3 Å². The molecule has 0 atom stereocenters. The monoisotopic (exact) mass is 346 g/mol. The van der Waals surface area contributed by atoms with Crippen LogP contribution in [-0.4, -0.2) is 22.4 Å². The van der Waals surface area contributed by atoms with Crippen LogP contribution >= 0.6 is 15.9 Å². The molecule has 1 N–H and O–H groups in total. The van der Waals surface area contributed by atoms with Crippen LogP contribution < -0.4 is 4.74 Å². The zero-order chi connectivity index (χ0) is 14.8. The molecule has 1 heterocycles. The molecule has 0 spiro atoms. The minimum absolute atomic E-state index is 0.0247.